The van der Waals surface area contributed by atoms with Crippen LogP contribution in [0.1, 0.15) is 6.92 Å². The first-order valence-electron chi connectivity index (χ1n) is 7.68. The molecule has 1 N–H and O–H groups in total. The van der Waals surface area contributed by atoms with Crippen LogP contribution in [0.2, 0.25) is 0 Å². The molecule has 0 aliphatic rings. The van der Waals surface area contributed by atoms with Crippen LogP contribution in [-0.4, -0.2) is 28.4 Å². The molecule has 3 aromatic rings. The van der Waals surface area contributed by atoms with Crippen molar-refractivity contribution < 1.29 is 19.1 Å². The minimum atomic E-state index is -0.910. The minimum absolute atomic E-state index is 0.326. The molecule has 128 valence electrons. The molecule has 1 unspecified atom stereocenters. The van der Waals surface area contributed by atoms with Gasteiger partial charge in [-0.25, -0.2) is 4.98 Å². The van der Waals surface area contributed by atoms with Crippen LogP contribution in [0, 0.1) is 0 Å². The smallest absolute Gasteiger partial charge is 0.316 e. The average molecular weight is 355 g/mol. The second-order valence-corrected chi connectivity index (χ2v) is 6.65. The molecule has 0 saturated carbocycles. The van der Waals surface area contributed by atoms with Crippen molar-refractivity contribution in [1.82, 2.24) is 4.98 Å². The molecule has 6 heteroatoms. The highest BCUT2D eigenvalue weighted by molar-refractivity contribution is 8.00. The van der Waals surface area contributed by atoms with Crippen LogP contribution in [0.25, 0.3) is 22.6 Å². The van der Waals surface area contributed by atoms with E-state index < -0.39 is 11.2 Å². The van der Waals surface area contributed by atoms with Gasteiger partial charge in [0.2, 0.25) is 0 Å². The fourth-order valence-electron chi connectivity index (χ4n) is 2.30. The first kappa shape index (κ1) is 17.1. The third-order valence-corrected chi connectivity index (χ3v) is 4.54. The van der Waals surface area contributed by atoms with Crippen LogP contribution >= 0.6 is 11.8 Å². The first-order valence-corrected chi connectivity index (χ1v) is 8.56. The lowest BCUT2D eigenvalue weighted by atomic mass is 10.1. The van der Waals surface area contributed by atoms with Crippen LogP contribution in [0.15, 0.2) is 64.2 Å². The van der Waals surface area contributed by atoms with Crippen LogP contribution in [0.3, 0.4) is 0 Å². The normalized spacial score (nSPS) is 11.9. The van der Waals surface area contributed by atoms with Crippen molar-refractivity contribution >= 4 is 17.7 Å². The summed E-state index contributed by atoms with van der Waals surface area (Å²) in [5.41, 5.74) is 2.38. The highest BCUT2D eigenvalue weighted by Crippen LogP contribution is 2.37. The van der Waals surface area contributed by atoms with Crippen molar-refractivity contribution in [2.24, 2.45) is 0 Å². The fraction of sp³-hybridized carbons (Fsp3) is 0.158. The van der Waals surface area contributed by atoms with Gasteiger partial charge < -0.3 is 14.3 Å². The van der Waals surface area contributed by atoms with Gasteiger partial charge in [-0.3, -0.25) is 4.79 Å². The van der Waals surface area contributed by atoms with Crippen molar-refractivity contribution in [2.45, 2.75) is 17.4 Å². The van der Waals surface area contributed by atoms with Gasteiger partial charge in [0, 0.05) is 11.1 Å². The number of aromatic nitrogens is 1. The third kappa shape index (κ3) is 3.85. The van der Waals surface area contributed by atoms with Gasteiger partial charge in [-0.05, 0) is 19.1 Å². The number of benzene rings is 2. The molecule has 25 heavy (non-hydrogen) atoms. The molecule has 1 atom stereocenters. The molecule has 0 bridgehead atoms. The molecule has 0 fully saturated rings. The Labute approximate surface area is 149 Å². The molecule has 0 amide bonds. The Balaban J connectivity index is 2.08. The maximum absolute atomic E-state index is 11.1. The zero-order chi connectivity index (χ0) is 17.8. The van der Waals surface area contributed by atoms with Gasteiger partial charge in [0.1, 0.15) is 16.7 Å². The number of hydrogen-bond acceptors (Lipinski definition) is 5. The SMILES string of the molecule is COc1cccc(-c2nc(SC(C)C(=O)O)oc2-c2ccccc2)c1. The van der Waals surface area contributed by atoms with Crippen molar-refractivity contribution in [3.63, 3.8) is 0 Å². The van der Waals surface area contributed by atoms with Gasteiger partial charge in [-0.15, -0.1) is 0 Å². The van der Waals surface area contributed by atoms with Gasteiger partial charge in [0.05, 0.1) is 7.11 Å². The van der Waals surface area contributed by atoms with Crippen molar-refractivity contribution in [1.29, 1.82) is 0 Å². The number of hydrogen-bond donors (Lipinski definition) is 1. The molecule has 0 radical (unpaired) electrons. The summed E-state index contributed by atoms with van der Waals surface area (Å²) < 4.78 is 11.2. The molecule has 0 aliphatic carbocycles. The lowest BCUT2D eigenvalue weighted by Gasteiger charge is -2.04. The summed E-state index contributed by atoms with van der Waals surface area (Å²) in [6, 6.07) is 17.1. The number of thioether (sulfide) groups is 1. The van der Waals surface area contributed by atoms with E-state index in [0.29, 0.717) is 22.4 Å². The van der Waals surface area contributed by atoms with Crippen LogP contribution in [-0.2, 0) is 4.79 Å². The molecule has 5 nitrogen and oxygen atoms in total. The van der Waals surface area contributed by atoms with E-state index in [0.717, 1.165) is 22.9 Å². The largest absolute Gasteiger partial charge is 0.497 e. The lowest BCUT2D eigenvalue weighted by Crippen LogP contribution is -2.10. The Morgan fingerprint density at radius 3 is 2.56 bits per heavy atom. The molecular weight excluding hydrogens is 338 g/mol. The average Bonchev–Trinajstić information content (AvgIpc) is 3.06. The number of aliphatic carboxylic acids is 1. The zero-order valence-corrected chi connectivity index (χ0v) is 14.6. The van der Waals surface area contributed by atoms with E-state index in [4.69, 9.17) is 14.3 Å². The fourth-order valence-corrected chi connectivity index (χ4v) is 2.98. The van der Waals surface area contributed by atoms with Gasteiger partial charge in [0.25, 0.3) is 5.22 Å². The number of ether oxygens (including phenoxy) is 1. The number of carbonyl (C=O) groups is 1. The standard InChI is InChI=1S/C19H17NO4S/c1-12(18(21)22)25-19-20-16(14-9-6-10-15(11-14)23-2)17(24-19)13-7-4-3-5-8-13/h3-12H,1-2H3,(H,21,22). The Hall–Kier alpha value is -2.73. The van der Waals surface area contributed by atoms with E-state index in [-0.39, 0.29) is 0 Å². The molecular formula is C19H17NO4S. The van der Waals surface area contributed by atoms with E-state index in [1.165, 1.54) is 0 Å². The second kappa shape index (κ2) is 7.44. The predicted molar refractivity (Wildman–Crippen MR) is 96.9 cm³/mol. The zero-order valence-electron chi connectivity index (χ0n) is 13.8. The van der Waals surface area contributed by atoms with E-state index in [1.54, 1.807) is 14.0 Å². The minimum Gasteiger partial charge on any atom is -0.497 e. The number of carboxylic acids is 1. The highest BCUT2D eigenvalue weighted by Gasteiger charge is 2.21. The molecule has 2 aromatic carbocycles. The van der Waals surface area contributed by atoms with E-state index in [9.17, 15) is 4.79 Å². The molecule has 1 aromatic heterocycles. The maximum atomic E-state index is 11.1. The summed E-state index contributed by atoms with van der Waals surface area (Å²) in [5.74, 6) is 0.411. The third-order valence-electron chi connectivity index (χ3n) is 3.61. The van der Waals surface area contributed by atoms with Gasteiger partial charge in [-0.2, -0.15) is 0 Å². The molecule has 0 aliphatic heterocycles. The van der Waals surface area contributed by atoms with Gasteiger partial charge in [0.15, 0.2) is 5.76 Å². The molecule has 0 spiro atoms. The summed E-state index contributed by atoms with van der Waals surface area (Å²) in [4.78, 5) is 15.6. The van der Waals surface area contributed by atoms with E-state index in [1.807, 2.05) is 54.6 Å². The lowest BCUT2D eigenvalue weighted by molar-refractivity contribution is -0.136. The number of carboxylic acid groups (broad SMARTS) is 1. The van der Waals surface area contributed by atoms with E-state index >= 15 is 0 Å². The quantitative estimate of drug-likeness (QED) is 0.652. The van der Waals surface area contributed by atoms with Crippen LogP contribution in [0.5, 0.6) is 5.75 Å². The van der Waals surface area contributed by atoms with Crippen molar-refractivity contribution in [3.8, 4) is 28.3 Å². The molecule has 1 heterocycles. The summed E-state index contributed by atoms with van der Waals surface area (Å²) in [6.07, 6.45) is 0. The van der Waals surface area contributed by atoms with Crippen LogP contribution in [0.4, 0.5) is 0 Å². The summed E-state index contributed by atoms with van der Waals surface area (Å²) in [6.45, 7) is 1.60. The summed E-state index contributed by atoms with van der Waals surface area (Å²) >= 11 is 1.08. The molecule has 0 saturated heterocycles. The number of rotatable bonds is 6. The van der Waals surface area contributed by atoms with Gasteiger partial charge in [-0.1, -0.05) is 54.2 Å². The predicted octanol–water partition coefficient (Wildman–Crippen LogP) is 4.58. The highest BCUT2D eigenvalue weighted by atomic mass is 32.2. The summed E-state index contributed by atoms with van der Waals surface area (Å²) in [7, 11) is 1.61. The first-order chi connectivity index (χ1) is 12.1. The Bertz CT molecular complexity index is 876. The Morgan fingerprint density at radius 1 is 1.16 bits per heavy atom. The number of nitrogens with zero attached hydrogens (tertiary/aromatic N) is 1. The van der Waals surface area contributed by atoms with Crippen molar-refractivity contribution in [2.75, 3.05) is 7.11 Å². The maximum Gasteiger partial charge on any atom is 0.316 e. The van der Waals surface area contributed by atoms with Crippen LogP contribution < -0.4 is 4.74 Å². The monoisotopic (exact) mass is 355 g/mol. The Kier molecular flexibility index (Phi) is 5.09. The second-order valence-electron chi connectivity index (χ2n) is 5.35. The summed E-state index contributed by atoms with van der Waals surface area (Å²) in [5, 5.41) is 8.79. The number of oxazole rings is 1. The van der Waals surface area contributed by atoms with E-state index in [2.05, 4.69) is 4.98 Å². The van der Waals surface area contributed by atoms with Gasteiger partial charge >= 0.3 is 5.97 Å². The topological polar surface area (TPSA) is 72.6 Å². The Morgan fingerprint density at radius 2 is 1.88 bits per heavy atom. The number of methoxy groups -OCH3 is 1. The molecule has 3 rings (SSSR count). The van der Waals surface area contributed by atoms with Crippen molar-refractivity contribution in [3.05, 3.63) is 54.6 Å².